The molecule has 0 amide bonds. The van der Waals surface area contributed by atoms with Gasteiger partial charge in [0, 0.05) is 38.6 Å². The van der Waals surface area contributed by atoms with E-state index in [0.29, 0.717) is 5.69 Å². The average molecular weight is 402 g/mol. The van der Waals surface area contributed by atoms with Crippen LogP contribution in [0.15, 0.2) is 28.7 Å². The summed E-state index contributed by atoms with van der Waals surface area (Å²) in [7, 11) is -2.70. The van der Waals surface area contributed by atoms with Crippen LogP contribution >= 0.6 is 31.1 Å². The molecule has 0 fully saturated rings. The molecule has 1 aromatic rings. The van der Waals surface area contributed by atoms with Gasteiger partial charge in [-0.15, -0.1) is 0 Å². The van der Waals surface area contributed by atoms with Gasteiger partial charge in [-0.2, -0.15) is 0 Å². The summed E-state index contributed by atoms with van der Waals surface area (Å²) in [4.78, 5) is 0. The van der Waals surface area contributed by atoms with Gasteiger partial charge in [0.05, 0.1) is 0 Å². The van der Waals surface area contributed by atoms with Gasteiger partial charge in [-0.3, -0.25) is 9.13 Å². The molecule has 0 radical (unpaired) electrons. The summed E-state index contributed by atoms with van der Waals surface area (Å²) in [5.74, 6) is 0. The Morgan fingerprint density at radius 2 is 1.29 bits per heavy atom. The van der Waals surface area contributed by atoms with Gasteiger partial charge in [-0.1, -0.05) is 15.9 Å². The molecule has 0 unspecified atom stereocenters. The lowest BCUT2D eigenvalue weighted by Crippen LogP contribution is -2.23. The van der Waals surface area contributed by atoms with E-state index in [1.54, 1.807) is 24.3 Å². The van der Waals surface area contributed by atoms with Crippen LogP contribution in [0.4, 0.5) is 5.69 Å². The first-order valence-corrected chi connectivity index (χ1v) is 9.81. The van der Waals surface area contributed by atoms with Crippen LogP contribution in [0.3, 0.4) is 0 Å². The number of rotatable bonds is 8. The summed E-state index contributed by atoms with van der Waals surface area (Å²) in [5, 5.41) is 2.84. The fraction of sp³-hybridized carbons (Fsp3) is 0.455. The molecule has 0 aliphatic carbocycles. The van der Waals surface area contributed by atoms with Crippen molar-refractivity contribution in [2.24, 2.45) is 0 Å². The van der Waals surface area contributed by atoms with Crippen molar-refractivity contribution in [3.8, 4) is 0 Å². The Balaban J connectivity index is 3.22. The highest BCUT2D eigenvalue weighted by molar-refractivity contribution is 9.10. The summed E-state index contributed by atoms with van der Waals surface area (Å²) in [6.45, 7) is 0. The van der Waals surface area contributed by atoms with Gasteiger partial charge >= 0.3 is 15.2 Å². The molecule has 0 aliphatic heterocycles. The smallest absolute Gasteiger partial charge is 0.362 e. The SMILES string of the molecule is COP(=O)(OC)C(Nc1ccc(Br)cc1)P(=O)(OC)OC. The minimum atomic E-state index is -3.76. The highest BCUT2D eigenvalue weighted by atomic mass is 79.9. The van der Waals surface area contributed by atoms with Crippen LogP contribution in [0.5, 0.6) is 0 Å². The second-order valence-electron chi connectivity index (χ2n) is 3.83. The first kappa shape index (κ1) is 18.8. The maximum atomic E-state index is 12.6. The molecule has 0 saturated carbocycles. The van der Waals surface area contributed by atoms with Gasteiger partial charge in [0.2, 0.25) is 5.52 Å². The third-order valence-corrected chi connectivity index (χ3v) is 8.47. The van der Waals surface area contributed by atoms with Crippen molar-refractivity contribution < 1.29 is 27.2 Å². The lowest BCUT2D eigenvalue weighted by atomic mass is 10.3. The Hall–Kier alpha value is -0.200. The van der Waals surface area contributed by atoms with Crippen LogP contribution in [0.25, 0.3) is 0 Å². The molecule has 7 nitrogen and oxygen atoms in total. The second-order valence-corrected chi connectivity index (χ2v) is 9.81. The minimum Gasteiger partial charge on any atom is -0.362 e. The Labute approximate surface area is 132 Å². The van der Waals surface area contributed by atoms with E-state index in [2.05, 4.69) is 21.2 Å². The Bertz CT molecular complexity index is 510. The minimum absolute atomic E-state index is 0.562. The van der Waals surface area contributed by atoms with E-state index < -0.39 is 20.7 Å². The van der Waals surface area contributed by atoms with Crippen molar-refractivity contribution in [1.82, 2.24) is 0 Å². The van der Waals surface area contributed by atoms with Gasteiger partial charge < -0.3 is 23.4 Å². The van der Waals surface area contributed by atoms with Gasteiger partial charge in [0.15, 0.2) is 0 Å². The zero-order valence-corrected chi connectivity index (χ0v) is 15.5. The highest BCUT2D eigenvalue weighted by Gasteiger charge is 2.49. The van der Waals surface area contributed by atoms with Gasteiger partial charge in [0.1, 0.15) is 0 Å². The van der Waals surface area contributed by atoms with Crippen molar-refractivity contribution >= 4 is 36.8 Å². The molecular formula is C11H18BrNO6P2. The Kier molecular flexibility index (Phi) is 7.07. The van der Waals surface area contributed by atoms with Crippen LogP contribution in [0, 0.1) is 0 Å². The summed E-state index contributed by atoms with van der Waals surface area (Å²) in [5.41, 5.74) is -0.733. The maximum absolute atomic E-state index is 12.6. The van der Waals surface area contributed by atoms with E-state index in [4.69, 9.17) is 18.1 Å². The van der Waals surface area contributed by atoms with Crippen LogP contribution in [-0.2, 0) is 27.2 Å². The summed E-state index contributed by atoms with van der Waals surface area (Å²) < 4.78 is 45.8. The predicted octanol–water partition coefficient (Wildman–Crippen LogP) is 4.12. The fourth-order valence-electron chi connectivity index (χ4n) is 1.57. The Morgan fingerprint density at radius 3 is 1.62 bits per heavy atom. The first-order chi connectivity index (χ1) is 9.85. The molecule has 1 rings (SSSR count). The summed E-state index contributed by atoms with van der Waals surface area (Å²) in [6.07, 6.45) is 0. The van der Waals surface area contributed by atoms with Crippen LogP contribution in [-0.4, -0.2) is 34.0 Å². The van der Waals surface area contributed by atoms with E-state index in [1.165, 1.54) is 28.4 Å². The summed E-state index contributed by atoms with van der Waals surface area (Å²) >= 11 is 3.31. The lowest BCUT2D eigenvalue weighted by Gasteiger charge is -2.30. The molecule has 1 N–H and O–H groups in total. The molecule has 1 aromatic carbocycles. The van der Waals surface area contributed by atoms with Crippen LogP contribution in [0.1, 0.15) is 0 Å². The highest BCUT2D eigenvalue weighted by Crippen LogP contribution is 2.68. The molecule has 0 spiro atoms. The van der Waals surface area contributed by atoms with Crippen LogP contribution < -0.4 is 5.32 Å². The number of benzene rings is 1. The molecule has 0 aliphatic rings. The van der Waals surface area contributed by atoms with E-state index in [9.17, 15) is 9.13 Å². The van der Waals surface area contributed by atoms with Crippen molar-refractivity contribution in [2.75, 3.05) is 33.8 Å². The zero-order chi connectivity index (χ0) is 16.1. The largest absolute Gasteiger partial charge is 0.364 e. The van der Waals surface area contributed by atoms with Gasteiger partial charge in [-0.25, -0.2) is 0 Å². The molecule has 0 saturated heterocycles. The second kappa shape index (κ2) is 7.88. The molecule has 120 valence electrons. The number of anilines is 1. The van der Waals surface area contributed by atoms with Gasteiger partial charge in [-0.05, 0) is 24.3 Å². The quantitative estimate of drug-likeness (QED) is 0.655. The monoisotopic (exact) mass is 401 g/mol. The van der Waals surface area contributed by atoms with E-state index in [1.807, 2.05) is 0 Å². The molecule has 21 heavy (non-hydrogen) atoms. The zero-order valence-electron chi connectivity index (χ0n) is 12.1. The lowest BCUT2D eigenvalue weighted by molar-refractivity contribution is 0.250. The third-order valence-electron chi connectivity index (χ3n) is 2.76. The maximum Gasteiger partial charge on any atom is 0.364 e. The molecule has 10 heteroatoms. The van der Waals surface area contributed by atoms with E-state index in [-0.39, 0.29) is 0 Å². The normalized spacial score (nSPS) is 12.7. The average Bonchev–Trinajstić information content (AvgIpc) is 2.52. The molecule has 0 atom stereocenters. The summed E-state index contributed by atoms with van der Waals surface area (Å²) in [6, 6.07) is 6.97. The molecular weight excluding hydrogens is 384 g/mol. The van der Waals surface area contributed by atoms with Crippen LogP contribution in [0.2, 0.25) is 0 Å². The molecule has 0 aromatic heterocycles. The van der Waals surface area contributed by atoms with Crippen molar-refractivity contribution in [1.29, 1.82) is 0 Å². The standard InChI is InChI=1S/C11H18BrNO6P2/c1-16-20(14,17-2)11(21(15,18-3)19-4)13-10-7-5-9(12)6-8-10/h5-8,11,13H,1-4H3. The predicted molar refractivity (Wildman–Crippen MR) is 84.8 cm³/mol. The van der Waals surface area contributed by atoms with E-state index >= 15 is 0 Å². The molecule has 0 bridgehead atoms. The van der Waals surface area contributed by atoms with Crippen molar-refractivity contribution in [3.05, 3.63) is 28.7 Å². The molecule has 0 heterocycles. The van der Waals surface area contributed by atoms with E-state index in [0.717, 1.165) is 4.47 Å². The number of hydrogen-bond acceptors (Lipinski definition) is 7. The first-order valence-electron chi connectivity index (χ1n) is 5.79. The Morgan fingerprint density at radius 1 is 0.905 bits per heavy atom. The number of halogens is 1. The van der Waals surface area contributed by atoms with Crippen molar-refractivity contribution in [3.63, 3.8) is 0 Å². The fourth-order valence-corrected chi connectivity index (χ4v) is 6.07. The van der Waals surface area contributed by atoms with Crippen molar-refractivity contribution in [2.45, 2.75) is 5.52 Å². The third kappa shape index (κ3) is 4.39. The number of hydrogen-bond donors (Lipinski definition) is 1. The van der Waals surface area contributed by atoms with Gasteiger partial charge in [0.25, 0.3) is 0 Å². The number of nitrogens with one attached hydrogen (secondary N) is 1. The topological polar surface area (TPSA) is 83.1 Å².